The second-order valence-corrected chi connectivity index (χ2v) is 9.01. The molecule has 0 aromatic carbocycles. The van der Waals surface area contributed by atoms with E-state index >= 15 is 0 Å². The fourth-order valence-corrected chi connectivity index (χ4v) is 3.99. The number of carbonyl (C=O) groups is 2. The molecule has 0 spiro atoms. The van der Waals surface area contributed by atoms with E-state index < -0.39 is 15.8 Å². The van der Waals surface area contributed by atoms with Crippen molar-refractivity contribution in [2.45, 2.75) is 95.6 Å². The standard InChI is InChI=1S/C18H34O5S/c1-3-4-7-11-16(19)12-10-14-17(24(2,22)23)13-8-5-6-9-15-18(20)21/h17H,3-15H2,1-2H3,(H,20,21). The molecule has 0 amide bonds. The van der Waals surface area contributed by atoms with Crippen molar-refractivity contribution in [1.29, 1.82) is 0 Å². The van der Waals surface area contributed by atoms with E-state index in [1.54, 1.807) is 0 Å². The molecule has 6 heteroatoms. The molecule has 5 nitrogen and oxygen atoms in total. The average molecular weight is 363 g/mol. The quantitative estimate of drug-likeness (QED) is 0.417. The minimum Gasteiger partial charge on any atom is -0.481 e. The number of unbranched alkanes of at least 4 members (excludes halogenated alkanes) is 5. The summed E-state index contributed by atoms with van der Waals surface area (Å²) < 4.78 is 23.7. The molecule has 0 rings (SSSR count). The van der Waals surface area contributed by atoms with Crippen LogP contribution in [0.15, 0.2) is 0 Å². The highest BCUT2D eigenvalue weighted by atomic mass is 32.2. The number of ketones is 1. The Kier molecular flexibility index (Phi) is 12.9. The van der Waals surface area contributed by atoms with Crippen LogP contribution < -0.4 is 0 Å². The van der Waals surface area contributed by atoms with Gasteiger partial charge >= 0.3 is 5.97 Å². The fraction of sp³-hybridized carbons (Fsp3) is 0.889. The Bertz CT molecular complexity index is 456. The summed E-state index contributed by atoms with van der Waals surface area (Å²) in [5, 5.41) is 8.19. The van der Waals surface area contributed by atoms with Crippen LogP contribution in [0.3, 0.4) is 0 Å². The van der Waals surface area contributed by atoms with Crippen molar-refractivity contribution in [2.75, 3.05) is 6.26 Å². The molecule has 0 aliphatic heterocycles. The molecule has 1 unspecified atom stereocenters. The topological polar surface area (TPSA) is 88.5 Å². The van der Waals surface area contributed by atoms with Gasteiger partial charge in [-0.3, -0.25) is 9.59 Å². The number of hydrogen-bond acceptors (Lipinski definition) is 4. The van der Waals surface area contributed by atoms with Gasteiger partial charge in [-0.1, -0.05) is 39.0 Å². The second-order valence-electron chi connectivity index (χ2n) is 6.69. The van der Waals surface area contributed by atoms with Crippen LogP contribution >= 0.6 is 0 Å². The van der Waals surface area contributed by atoms with E-state index in [1.807, 2.05) is 0 Å². The summed E-state index contributed by atoms with van der Waals surface area (Å²) in [4.78, 5) is 22.2. The third-order valence-electron chi connectivity index (χ3n) is 4.31. The summed E-state index contributed by atoms with van der Waals surface area (Å²) in [6.45, 7) is 2.10. The highest BCUT2D eigenvalue weighted by molar-refractivity contribution is 7.91. The molecule has 142 valence electrons. The van der Waals surface area contributed by atoms with Crippen LogP contribution in [0.2, 0.25) is 0 Å². The lowest BCUT2D eigenvalue weighted by molar-refractivity contribution is -0.137. The maximum atomic E-state index is 11.9. The zero-order chi connectivity index (χ0) is 18.4. The number of carboxylic acids is 1. The fourth-order valence-electron chi connectivity index (χ4n) is 2.80. The number of sulfone groups is 1. The number of carbonyl (C=O) groups excluding carboxylic acids is 1. The monoisotopic (exact) mass is 362 g/mol. The van der Waals surface area contributed by atoms with Crippen molar-refractivity contribution in [1.82, 2.24) is 0 Å². The zero-order valence-electron chi connectivity index (χ0n) is 15.3. The van der Waals surface area contributed by atoms with Crippen molar-refractivity contribution in [3.63, 3.8) is 0 Å². The number of rotatable bonds is 16. The van der Waals surface area contributed by atoms with Gasteiger partial charge in [-0.2, -0.15) is 0 Å². The Morgan fingerprint density at radius 3 is 1.96 bits per heavy atom. The molecule has 24 heavy (non-hydrogen) atoms. The maximum absolute atomic E-state index is 11.9. The molecule has 1 atom stereocenters. The van der Waals surface area contributed by atoms with E-state index in [0.717, 1.165) is 38.5 Å². The Hall–Kier alpha value is -0.910. The van der Waals surface area contributed by atoms with Gasteiger partial charge in [0.05, 0.1) is 5.25 Å². The van der Waals surface area contributed by atoms with E-state index in [9.17, 15) is 18.0 Å². The molecule has 0 aliphatic carbocycles. The maximum Gasteiger partial charge on any atom is 0.303 e. The third-order valence-corrected chi connectivity index (χ3v) is 6.00. The summed E-state index contributed by atoms with van der Waals surface area (Å²) in [7, 11) is -3.10. The van der Waals surface area contributed by atoms with Crippen LogP contribution in [0, 0.1) is 0 Å². The predicted molar refractivity (Wildman–Crippen MR) is 97.0 cm³/mol. The number of hydrogen-bond donors (Lipinski definition) is 1. The molecule has 0 saturated carbocycles. The largest absolute Gasteiger partial charge is 0.481 e. The van der Waals surface area contributed by atoms with Gasteiger partial charge in [-0.25, -0.2) is 8.42 Å². The first kappa shape index (κ1) is 23.1. The molecule has 1 N–H and O–H groups in total. The molecular weight excluding hydrogens is 328 g/mol. The van der Waals surface area contributed by atoms with Crippen molar-refractivity contribution < 1.29 is 23.1 Å². The van der Waals surface area contributed by atoms with E-state index in [0.29, 0.717) is 38.5 Å². The summed E-state index contributed by atoms with van der Waals surface area (Å²) in [5.41, 5.74) is 0. The highest BCUT2D eigenvalue weighted by Crippen LogP contribution is 2.18. The van der Waals surface area contributed by atoms with Gasteiger partial charge in [0, 0.05) is 25.5 Å². The summed E-state index contributed by atoms with van der Waals surface area (Å²) >= 11 is 0. The summed E-state index contributed by atoms with van der Waals surface area (Å²) in [6.07, 6.45) is 10.5. The molecule has 0 aromatic rings. The molecule has 0 aliphatic rings. The lowest BCUT2D eigenvalue weighted by atomic mass is 10.0. The minimum atomic E-state index is -3.10. The van der Waals surface area contributed by atoms with Crippen molar-refractivity contribution >= 4 is 21.6 Å². The van der Waals surface area contributed by atoms with Crippen LogP contribution in [0.1, 0.15) is 90.4 Å². The molecule has 0 saturated heterocycles. The summed E-state index contributed by atoms with van der Waals surface area (Å²) in [6, 6.07) is 0. The number of carboxylic acid groups (broad SMARTS) is 1. The van der Waals surface area contributed by atoms with E-state index in [1.165, 1.54) is 6.26 Å². The smallest absolute Gasteiger partial charge is 0.303 e. The van der Waals surface area contributed by atoms with E-state index in [4.69, 9.17) is 5.11 Å². The van der Waals surface area contributed by atoms with Gasteiger partial charge < -0.3 is 5.11 Å². The zero-order valence-corrected chi connectivity index (χ0v) is 16.1. The minimum absolute atomic E-state index is 0.176. The molecule has 0 radical (unpaired) electrons. The summed E-state index contributed by atoms with van der Waals surface area (Å²) in [5.74, 6) is -0.544. The lowest BCUT2D eigenvalue weighted by Gasteiger charge is -2.14. The second kappa shape index (κ2) is 13.4. The van der Waals surface area contributed by atoms with E-state index in [-0.39, 0.29) is 17.5 Å². The SMILES string of the molecule is CCCCCC(=O)CCCC(CCCCCCC(=O)O)S(C)(=O)=O. The Labute approximate surface area is 147 Å². The van der Waals surface area contributed by atoms with Crippen LogP contribution in [-0.4, -0.2) is 36.8 Å². The third kappa shape index (κ3) is 13.5. The van der Waals surface area contributed by atoms with Gasteiger partial charge in [-0.05, 0) is 32.1 Å². The Morgan fingerprint density at radius 1 is 0.833 bits per heavy atom. The first-order valence-electron chi connectivity index (χ1n) is 9.19. The Balaban J connectivity index is 3.99. The Morgan fingerprint density at radius 2 is 1.38 bits per heavy atom. The molecule has 0 heterocycles. The number of aliphatic carboxylic acids is 1. The van der Waals surface area contributed by atoms with Crippen molar-refractivity contribution in [2.24, 2.45) is 0 Å². The van der Waals surface area contributed by atoms with Crippen LogP contribution in [0.25, 0.3) is 0 Å². The van der Waals surface area contributed by atoms with Crippen molar-refractivity contribution in [3.05, 3.63) is 0 Å². The van der Waals surface area contributed by atoms with Crippen LogP contribution in [0.5, 0.6) is 0 Å². The van der Waals surface area contributed by atoms with Crippen molar-refractivity contribution in [3.8, 4) is 0 Å². The first-order valence-corrected chi connectivity index (χ1v) is 11.1. The van der Waals surface area contributed by atoms with Crippen LogP contribution in [0.4, 0.5) is 0 Å². The lowest BCUT2D eigenvalue weighted by Crippen LogP contribution is -2.20. The van der Waals surface area contributed by atoms with Gasteiger partial charge in [0.2, 0.25) is 0 Å². The molecular formula is C18H34O5S. The molecule has 0 fully saturated rings. The first-order chi connectivity index (χ1) is 11.3. The average Bonchev–Trinajstić information content (AvgIpc) is 2.47. The molecule has 0 aromatic heterocycles. The normalized spacial score (nSPS) is 12.9. The van der Waals surface area contributed by atoms with Gasteiger partial charge in [0.25, 0.3) is 0 Å². The highest BCUT2D eigenvalue weighted by Gasteiger charge is 2.20. The predicted octanol–water partition coefficient (Wildman–Crippen LogP) is 4.14. The van der Waals surface area contributed by atoms with Gasteiger partial charge in [0.15, 0.2) is 0 Å². The van der Waals surface area contributed by atoms with Gasteiger partial charge in [0.1, 0.15) is 15.6 Å². The van der Waals surface area contributed by atoms with E-state index in [2.05, 4.69) is 6.92 Å². The number of Topliss-reactive ketones (excluding diaryl/α,β-unsaturated/α-hetero) is 1. The van der Waals surface area contributed by atoms with Crippen LogP contribution in [-0.2, 0) is 19.4 Å². The molecule has 0 bridgehead atoms. The van der Waals surface area contributed by atoms with Gasteiger partial charge in [-0.15, -0.1) is 0 Å².